The minimum atomic E-state index is -4.13. The zero-order valence-electron chi connectivity index (χ0n) is 26.8. The van der Waals surface area contributed by atoms with Gasteiger partial charge >= 0.3 is 11.9 Å². The van der Waals surface area contributed by atoms with Gasteiger partial charge in [0.1, 0.15) is 17.9 Å². The second kappa shape index (κ2) is 15.3. The highest BCUT2D eigenvalue weighted by Gasteiger charge is 2.39. The molecule has 0 radical (unpaired) electrons. The van der Waals surface area contributed by atoms with Gasteiger partial charge in [0.2, 0.25) is 21.8 Å². The van der Waals surface area contributed by atoms with Gasteiger partial charge in [0.15, 0.2) is 18.1 Å². The van der Waals surface area contributed by atoms with E-state index in [4.69, 9.17) is 28.5 Å². The summed E-state index contributed by atoms with van der Waals surface area (Å²) < 4.78 is 57.0. The quantitative estimate of drug-likeness (QED) is 0.178. The molecule has 0 bridgehead atoms. The lowest BCUT2D eigenvalue weighted by molar-refractivity contribution is -0.155. The summed E-state index contributed by atoms with van der Waals surface area (Å²) in [5, 5.41) is 16.9. The van der Waals surface area contributed by atoms with E-state index in [1.54, 1.807) is 63.6 Å². The van der Waals surface area contributed by atoms with Gasteiger partial charge in [0.25, 0.3) is 0 Å². The van der Waals surface area contributed by atoms with Crippen molar-refractivity contribution in [1.29, 1.82) is 0 Å². The molecule has 0 aliphatic carbocycles. The average molecular weight is 680 g/mol. The first-order valence-electron chi connectivity index (χ1n) is 15.4. The van der Waals surface area contributed by atoms with Crippen LogP contribution in [0.3, 0.4) is 0 Å². The Kier molecular flexibility index (Phi) is 11.0. The molecule has 2 heterocycles. The number of hydrogen-bond acceptors (Lipinski definition) is 11. The molecule has 13 nitrogen and oxygen atoms in total. The van der Waals surface area contributed by atoms with Crippen LogP contribution < -0.4 is 14.2 Å². The molecule has 1 unspecified atom stereocenters. The summed E-state index contributed by atoms with van der Waals surface area (Å²) in [7, 11) is -1.04. The number of nitrogens with zero attached hydrogens (tertiary/aromatic N) is 3. The van der Waals surface area contributed by atoms with Crippen molar-refractivity contribution in [3.05, 3.63) is 83.7 Å². The molecule has 3 aromatic carbocycles. The standard InChI is InChI=1S/C34H37N3O10S/c1-22-35-36-33(46-22)25-9-7-11-27(20-25)48(41,42)37-17-5-4-12-28(37)34(40)47-29(24-8-6-10-26(19-24)45-21-32(38)39)15-13-23-14-16-30(43-2)31(18-23)44-3/h6-11,14,16,18-20,28-29H,4-5,12-13,15,17,21H2,1-3H3,(H,38,39)/t28-,29?/m1/s1. The zero-order valence-corrected chi connectivity index (χ0v) is 27.6. The highest BCUT2D eigenvalue weighted by Crippen LogP contribution is 2.33. The third-order valence-electron chi connectivity index (χ3n) is 7.93. The predicted molar refractivity (Wildman–Crippen MR) is 172 cm³/mol. The Bertz CT molecular complexity index is 1860. The molecular weight excluding hydrogens is 642 g/mol. The second-order valence-electron chi connectivity index (χ2n) is 11.2. The molecular formula is C34H37N3O10S. The molecule has 1 saturated heterocycles. The Balaban J connectivity index is 1.41. The largest absolute Gasteiger partial charge is 0.493 e. The number of aromatic nitrogens is 2. The first kappa shape index (κ1) is 34.4. The number of sulfonamides is 1. The first-order chi connectivity index (χ1) is 23.1. The lowest BCUT2D eigenvalue weighted by atomic mass is 10.00. The molecule has 4 aromatic rings. The summed E-state index contributed by atoms with van der Waals surface area (Å²) >= 11 is 0. The number of esters is 1. The smallest absolute Gasteiger partial charge is 0.341 e. The third kappa shape index (κ3) is 8.12. The van der Waals surface area contributed by atoms with Crippen LogP contribution in [0.1, 0.15) is 48.8 Å². The number of rotatable bonds is 14. The van der Waals surface area contributed by atoms with E-state index in [-0.39, 0.29) is 23.8 Å². The Morgan fingerprint density at radius 2 is 1.79 bits per heavy atom. The Morgan fingerprint density at radius 3 is 2.52 bits per heavy atom. The topological polar surface area (TPSA) is 168 Å². The van der Waals surface area contributed by atoms with Crippen molar-refractivity contribution in [3.8, 4) is 28.7 Å². The number of carboxylic acid groups (broad SMARTS) is 1. The number of hydrogen-bond donors (Lipinski definition) is 1. The molecule has 2 atom stereocenters. The van der Waals surface area contributed by atoms with E-state index in [1.165, 1.54) is 16.4 Å². The maximum atomic E-state index is 14.0. The molecule has 1 aliphatic rings. The summed E-state index contributed by atoms with van der Waals surface area (Å²) in [6.45, 7) is 1.24. The van der Waals surface area contributed by atoms with Gasteiger partial charge in [-0.25, -0.2) is 13.2 Å². The van der Waals surface area contributed by atoms with Gasteiger partial charge in [0, 0.05) is 19.0 Å². The highest BCUT2D eigenvalue weighted by molar-refractivity contribution is 7.89. The molecule has 1 fully saturated rings. The van der Waals surface area contributed by atoms with Gasteiger partial charge in [-0.1, -0.05) is 24.3 Å². The van der Waals surface area contributed by atoms with Gasteiger partial charge in [0.05, 0.1) is 19.1 Å². The molecule has 1 aromatic heterocycles. The number of aryl methyl sites for hydroxylation is 2. The van der Waals surface area contributed by atoms with Crippen molar-refractivity contribution in [2.24, 2.45) is 0 Å². The molecule has 0 spiro atoms. The van der Waals surface area contributed by atoms with Crippen LogP contribution in [0.25, 0.3) is 11.5 Å². The van der Waals surface area contributed by atoms with Crippen molar-refractivity contribution in [2.75, 3.05) is 27.4 Å². The highest BCUT2D eigenvalue weighted by atomic mass is 32.2. The number of aliphatic carboxylic acids is 1. The van der Waals surface area contributed by atoms with E-state index < -0.39 is 40.7 Å². The Labute approximate surface area is 278 Å². The van der Waals surface area contributed by atoms with Gasteiger partial charge in [-0.2, -0.15) is 4.31 Å². The molecule has 254 valence electrons. The van der Waals surface area contributed by atoms with E-state index in [2.05, 4.69) is 10.2 Å². The summed E-state index contributed by atoms with van der Waals surface area (Å²) in [5.74, 6) is 0.130. The SMILES string of the molecule is COc1ccc(CCC(OC(=O)[C@H]2CCCCN2S(=O)(=O)c2cccc(-c3nnc(C)o3)c2)c2cccc(OCC(=O)O)c2)cc1OC. The average Bonchev–Trinajstić information content (AvgIpc) is 3.55. The molecule has 48 heavy (non-hydrogen) atoms. The Morgan fingerprint density at radius 1 is 1.00 bits per heavy atom. The van der Waals surface area contributed by atoms with E-state index in [9.17, 15) is 18.0 Å². The zero-order chi connectivity index (χ0) is 34.3. The van der Waals surface area contributed by atoms with Crippen molar-refractivity contribution in [2.45, 2.75) is 56.1 Å². The lowest BCUT2D eigenvalue weighted by Gasteiger charge is -2.34. The molecule has 0 saturated carbocycles. The summed E-state index contributed by atoms with van der Waals surface area (Å²) in [6.07, 6.45) is 1.49. The van der Waals surface area contributed by atoms with E-state index >= 15 is 0 Å². The number of piperidine rings is 1. The van der Waals surface area contributed by atoms with Crippen molar-refractivity contribution in [1.82, 2.24) is 14.5 Å². The van der Waals surface area contributed by atoms with Crippen LogP contribution in [-0.2, 0) is 30.8 Å². The van der Waals surface area contributed by atoms with Crippen LogP contribution in [0, 0.1) is 6.92 Å². The van der Waals surface area contributed by atoms with Crippen LogP contribution >= 0.6 is 0 Å². The number of benzene rings is 3. The van der Waals surface area contributed by atoms with Gasteiger partial charge in [-0.15, -0.1) is 10.2 Å². The fourth-order valence-corrected chi connectivity index (χ4v) is 7.26. The van der Waals surface area contributed by atoms with Gasteiger partial charge in [-0.3, -0.25) is 4.79 Å². The summed E-state index contributed by atoms with van der Waals surface area (Å²) in [6, 6.07) is 17.3. The van der Waals surface area contributed by atoms with Crippen LogP contribution in [-0.4, -0.2) is 73.4 Å². The van der Waals surface area contributed by atoms with Crippen molar-refractivity contribution >= 4 is 22.0 Å². The number of carboxylic acids is 1. The molecule has 0 amide bonds. The minimum Gasteiger partial charge on any atom is -0.493 e. The fourth-order valence-electron chi connectivity index (χ4n) is 5.56. The maximum Gasteiger partial charge on any atom is 0.341 e. The van der Waals surface area contributed by atoms with Crippen LogP contribution in [0.5, 0.6) is 17.2 Å². The third-order valence-corrected chi connectivity index (χ3v) is 9.84. The van der Waals surface area contributed by atoms with Crippen molar-refractivity contribution in [3.63, 3.8) is 0 Å². The molecule has 1 N–H and O–H groups in total. The monoisotopic (exact) mass is 679 g/mol. The van der Waals surface area contributed by atoms with Crippen LogP contribution in [0.4, 0.5) is 0 Å². The van der Waals surface area contributed by atoms with Crippen LogP contribution in [0.2, 0.25) is 0 Å². The number of carbonyl (C=O) groups is 2. The lowest BCUT2D eigenvalue weighted by Crippen LogP contribution is -2.48. The first-order valence-corrected chi connectivity index (χ1v) is 16.8. The van der Waals surface area contributed by atoms with Gasteiger partial charge in [-0.05, 0) is 85.7 Å². The predicted octanol–water partition coefficient (Wildman–Crippen LogP) is 4.99. The van der Waals surface area contributed by atoms with Crippen LogP contribution in [0.15, 0.2) is 76.0 Å². The summed E-state index contributed by atoms with van der Waals surface area (Å²) in [5.41, 5.74) is 1.90. The molecule has 14 heteroatoms. The van der Waals surface area contributed by atoms with E-state index in [1.807, 2.05) is 12.1 Å². The number of ether oxygens (including phenoxy) is 4. The number of methoxy groups -OCH3 is 2. The number of carbonyl (C=O) groups excluding carboxylic acids is 1. The van der Waals surface area contributed by atoms with Gasteiger partial charge < -0.3 is 28.5 Å². The van der Waals surface area contributed by atoms with E-state index in [0.29, 0.717) is 59.9 Å². The maximum absolute atomic E-state index is 14.0. The second-order valence-corrected chi connectivity index (χ2v) is 13.1. The van der Waals surface area contributed by atoms with E-state index in [0.717, 1.165) is 5.56 Å². The fraction of sp³-hybridized carbons (Fsp3) is 0.353. The molecule has 1 aliphatic heterocycles. The minimum absolute atomic E-state index is 0.0103. The summed E-state index contributed by atoms with van der Waals surface area (Å²) in [4.78, 5) is 25.0. The molecule has 5 rings (SSSR count). The normalized spacial score (nSPS) is 15.8. The van der Waals surface area contributed by atoms with Crippen molar-refractivity contribution < 1.29 is 46.5 Å². The Hall–Kier alpha value is -4.95.